The van der Waals surface area contributed by atoms with Gasteiger partial charge in [0.15, 0.2) is 0 Å². The second-order valence-electron chi connectivity index (χ2n) is 6.31. The minimum atomic E-state index is 0.00799. The lowest BCUT2D eigenvalue weighted by Crippen LogP contribution is -2.33. The summed E-state index contributed by atoms with van der Waals surface area (Å²) < 4.78 is 0. The van der Waals surface area contributed by atoms with Crippen molar-refractivity contribution >= 4 is 23.2 Å². The summed E-state index contributed by atoms with van der Waals surface area (Å²) in [6.07, 6.45) is 0.455. The van der Waals surface area contributed by atoms with Gasteiger partial charge in [-0.3, -0.25) is 9.69 Å². The molecule has 0 aromatic heterocycles. The van der Waals surface area contributed by atoms with Gasteiger partial charge in [-0.1, -0.05) is 48.0 Å². The van der Waals surface area contributed by atoms with E-state index in [9.17, 15) is 4.79 Å². The molecule has 128 valence electrons. The lowest BCUT2D eigenvalue weighted by atomic mass is 10.1. The Bertz CT molecular complexity index is 671. The molecule has 0 aliphatic carbocycles. The lowest BCUT2D eigenvalue weighted by Gasteiger charge is -2.26. The molecule has 0 saturated carbocycles. The molecule has 24 heavy (non-hydrogen) atoms. The summed E-state index contributed by atoms with van der Waals surface area (Å²) >= 11 is 6.10. The Morgan fingerprint density at radius 3 is 2.50 bits per heavy atom. The van der Waals surface area contributed by atoms with Gasteiger partial charge in [0.25, 0.3) is 0 Å². The molecule has 0 aliphatic heterocycles. The molecule has 0 atom stereocenters. The van der Waals surface area contributed by atoms with Crippen LogP contribution in [0.15, 0.2) is 48.5 Å². The average molecular weight is 345 g/mol. The summed E-state index contributed by atoms with van der Waals surface area (Å²) in [5, 5.41) is 3.59. The van der Waals surface area contributed by atoms with Gasteiger partial charge in [0, 0.05) is 36.3 Å². The van der Waals surface area contributed by atoms with Crippen molar-refractivity contribution < 1.29 is 4.79 Å². The standard InChI is InChI=1S/C20H25ClN2O/c1-15(2)23(14-17-7-5-4-6-8-17)12-11-20(24)22-18-10-9-16(3)19(21)13-18/h4-10,13,15H,11-12,14H2,1-3H3,(H,22,24). The van der Waals surface area contributed by atoms with Crippen LogP contribution < -0.4 is 5.32 Å². The van der Waals surface area contributed by atoms with E-state index >= 15 is 0 Å². The van der Waals surface area contributed by atoms with Crippen LogP contribution in [-0.4, -0.2) is 23.4 Å². The van der Waals surface area contributed by atoms with Crippen LogP contribution in [0.1, 0.15) is 31.4 Å². The zero-order valence-corrected chi connectivity index (χ0v) is 15.3. The first kappa shape index (κ1) is 18.5. The summed E-state index contributed by atoms with van der Waals surface area (Å²) in [6.45, 7) is 7.82. The average Bonchev–Trinajstić information content (AvgIpc) is 2.55. The predicted molar refractivity (Wildman–Crippen MR) is 101 cm³/mol. The van der Waals surface area contributed by atoms with E-state index in [1.165, 1.54) is 5.56 Å². The van der Waals surface area contributed by atoms with Gasteiger partial charge >= 0.3 is 0 Å². The number of nitrogens with zero attached hydrogens (tertiary/aromatic N) is 1. The van der Waals surface area contributed by atoms with Crippen LogP contribution in [0.5, 0.6) is 0 Å². The maximum Gasteiger partial charge on any atom is 0.225 e. The molecule has 2 aromatic rings. The summed E-state index contributed by atoms with van der Waals surface area (Å²) in [4.78, 5) is 14.5. The van der Waals surface area contributed by atoms with E-state index in [0.717, 1.165) is 24.3 Å². The van der Waals surface area contributed by atoms with E-state index in [1.807, 2.05) is 37.3 Å². The van der Waals surface area contributed by atoms with Crippen LogP contribution in [0.4, 0.5) is 5.69 Å². The number of hydrogen-bond acceptors (Lipinski definition) is 2. The highest BCUT2D eigenvalue weighted by molar-refractivity contribution is 6.31. The molecule has 0 aliphatic rings. The third-order valence-electron chi connectivity index (χ3n) is 4.04. The van der Waals surface area contributed by atoms with Crippen molar-refractivity contribution in [3.8, 4) is 0 Å². The molecular formula is C20H25ClN2O. The van der Waals surface area contributed by atoms with Crippen LogP contribution in [0.25, 0.3) is 0 Å². The van der Waals surface area contributed by atoms with Crippen LogP contribution in [0.2, 0.25) is 5.02 Å². The number of halogens is 1. The third-order valence-corrected chi connectivity index (χ3v) is 4.45. The van der Waals surface area contributed by atoms with Gasteiger partial charge in [0.1, 0.15) is 0 Å². The van der Waals surface area contributed by atoms with Crippen LogP contribution >= 0.6 is 11.6 Å². The van der Waals surface area contributed by atoms with Gasteiger partial charge in [-0.15, -0.1) is 0 Å². The number of rotatable bonds is 7. The van der Waals surface area contributed by atoms with E-state index in [2.05, 4.69) is 36.2 Å². The highest BCUT2D eigenvalue weighted by atomic mass is 35.5. The van der Waals surface area contributed by atoms with Gasteiger partial charge in [-0.05, 0) is 44.0 Å². The first-order chi connectivity index (χ1) is 11.5. The minimum Gasteiger partial charge on any atom is -0.326 e. The van der Waals surface area contributed by atoms with Crippen molar-refractivity contribution in [2.24, 2.45) is 0 Å². The molecule has 0 radical (unpaired) electrons. The number of anilines is 1. The quantitative estimate of drug-likeness (QED) is 0.775. The Kier molecular flexibility index (Phi) is 6.83. The summed E-state index contributed by atoms with van der Waals surface area (Å²) in [6, 6.07) is 16.3. The van der Waals surface area contributed by atoms with Gasteiger partial charge < -0.3 is 5.32 Å². The van der Waals surface area contributed by atoms with Crippen molar-refractivity contribution in [1.29, 1.82) is 0 Å². The number of carbonyl (C=O) groups is 1. The van der Waals surface area contributed by atoms with Gasteiger partial charge in [0.2, 0.25) is 5.91 Å². The molecule has 0 heterocycles. The molecule has 1 N–H and O–H groups in total. The fraction of sp³-hybridized carbons (Fsp3) is 0.350. The first-order valence-electron chi connectivity index (χ1n) is 8.29. The molecule has 2 aromatic carbocycles. The number of benzene rings is 2. The Morgan fingerprint density at radius 2 is 1.88 bits per heavy atom. The second-order valence-corrected chi connectivity index (χ2v) is 6.72. The van der Waals surface area contributed by atoms with E-state index in [0.29, 0.717) is 17.5 Å². The van der Waals surface area contributed by atoms with Crippen LogP contribution in [0, 0.1) is 6.92 Å². The Hall–Kier alpha value is -1.84. The van der Waals surface area contributed by atoms with Crippen molar-refractivity contribution in [2.75, 3.05) is 11.9 Å². The number of aryl methyl sites for hydroxylation is 1. The molecule has 4 heteroatoms. The van der Waals surface area contributed by atoms with Crippen molar-refractivity contribution in [1.82, 2.24) is 4.90 Å². The monoisotopic (exact) mass is 344 g/mol. The third kappa shape index (κ3) is 5.66. The van der Waals surface area contributed by atoms with Crippen molar-refractivity contribution in [3.63, 3.8) is 0 Å². The van der Waals surface area contributed by atoms with Crippen molar-refractivity contribution in [2.45, 2.75) is 39.8 Å². The lowest BCUT2D eigenvalue weighted by molar-refractivity contribution is -0.116. The topological polar surface area (TPSA) is 32.3 Å². The highest BCUT2D eigenvalue weighted by Gasteiger charge is 2.12. The Labute approximate surface area is 149 Å². The second kappa shape index (κ2) is 8.86. The molecule has 0 spiro atoms. The molecule has 2 rings (SSSR count). The predicted octanol–water partition coefficient (Wildman–Crippen LogP) is 4.89. The number of carbonyl (C=O) groups excluding carboxylic acids is 1. The SMILES string of the molecule is Cc1ccc(NC(=O)CCN(Cc2ccccc2)C(C)C)cc1Cl. The summed E-state index contributed by atoms with van der Waals surface area (Å²) in [5.74, 6) is 0.00799. The Morgan fingerprint density at radius 1 is 1.17 bits per heavy atom. The Balaban J connectivity index is 1.89. The van der Waals surface area contributed by atoms with Gasteiger partial charge in [-0.2, -0.15) is 0 Å². The zero-order valence-electron chi connectivity index (χ0n) is 14.6. The maximum absolute atomic E-state index is 12.2. The number of nitrogens with one attached hydrogen (secondary N) is 1. The number of amides is 1. The summed E-state index contributed by atoms with van der Waals surface area (Å²) in [7, 11) is 0. The normalized spacial score (nSPS) is 11.1. The number of hydrogen-bond donors (Lipinski definition) is 1. The molecule has 0 fully saturated rings. The van der Waals surface area contributed by atoms with Gasteiger partial charge in [0.05, 0.1) is 0 Å². The zero-order chi connectivity index (χ0) is 17.5. The van der Waals surface area contributed by atoms with E-state index in [4.69, 9.17) is 11.6 Å². The largest absolute Gasteiger partial charge is 0.326 e. The molecule has 0 unspecified atom stereocenters. The fourth-order valence-corrected chi connectivity index (χ4v) is 2.66. The highest BCUT2D eigenvalue weighted by Crippen LogP contribution is 2.20. The first-order valence-corrected chi connectivity index (χ1v) is 8.67. The molecule has 1 amide bonds. The fourth-order valence-electron chi connectivity index (χ4n) is 2.48. The molecule has 3 nitrogen and oxygen atoms in total. The van der Waals surface area contributed by atoms with Crippen molar-refractivity contribution in [3.05, 3.63) is 64.7 Å². The minimum absolute atomic E-state index is 0.00799. The van der Waals surface area contributed by atoms with Crippen LogP contribution in [-0.2, 0) is 11.3 Å². The molecule has 0 saturated heterocycles. The smallest absolute Gasteiger partial charge is 0.225 e. The maximum atomic E-state index is 12.2. The molecular weight excluding hydrogens is 320 g/mol. The van der Waals surface area contributed by atoms with E-state index < -0.39 is 0 Å². The van der Waals surface area contributed by atoms with Gasteiger partial charge in [-0.25, -0.2) is 0 Å². The summed E-state index contributed by atoms with van der Waals surface area (Å²) in [5.41, 5.74) is 3.01. The van der Waals surface area contributed by atoms with Crippen LogP contribution in [0.3, 0.4) is 0 Å². The molecule has 0 bridgehead atoms. The van der Waals surface area contributed by atoms with E-state index in [1.54, 1.807) is 6.07 Å². The van der Waals surface area contributed by atoms with E-state index in [-0.39, 0.29) is 5.91 Å².